The van der Waals surface area contributed by atoms with Gasteiger partial charge >= 0.3 is 0 Å². The lowest BCUT2D eigenvalue weighted by Crippen LogP contribution is -2.36. The van der Waals surface area contributed by atoms with Gasteiger partial charge in [-0.15, -0.1) is 0 Å². The maximum Gasteiger partial charge on any atom is 0.242 e. The second kappa shape index (κ2) is 17.3. The summed E-state index contributed by atoms with van der Waals surface area (Å²) >= 11 is 1.25. The summed E-state index contributed by atoms with van der Waals surface area (Å²) in [6.45, 7) is 5.95. The molecule has 1 heterocycles. The van der Waals surface area contributed by atoms with E-state index in [1.807, 2.05) is 0 Å². The number of thioether (sulfide) groups is 1. The number of likely N-dealkylation sites (tertiary alicyclic amines) is 1. The molecule has 1 aliphatic rings. The molecule has 0 spiro atoms. The normalized spacial score (nSPS) is 15.8. The van der Waals surface area contributed by atoms with Crippen LogP contribution < -0.4 is 21.7 Å². The number of nitrogens with one attached hydrogen (secondary N) is 3. The fourth-order valence-electron chi connectivity index (χ4n) is 3.11. The zero-order valence-electron chi connectivity index (χ0n) is 21.1. The molecule has 0 saturated carbocycles. The number of hydrogen-bond donors (Lipinski definition) is 4. The van der Waals surface area contributed by atoms with Crippen molar-refractivity contribution in [2.45, 2.75) is 49.4 Å². The number of carbonyl (C=O) groups is 5. The Morgan fingerprint density at radius 2 is 1.50 bits per heavy atom. The number of nitrogens with zero attached hydrogens (tertiary/aromatic N) is 1. The third-order valence-corrected chi connectivity index (χ3v) is 6.03. The number of amides is 5. The van der Waals surface area contributed by atoms with E-state index >= 15 is 0 Å². The second-order valence-corrected chi connectivity index (χ2v) is 10.5. The molecule has 1 atom stereocenters. The van der Waals surface area contributed by atoms with Gasteiger partial charge in [0, 0.05) is 58.4 Å². The Morgan fingerprint density at radius 3 is 2.11 bits per heavy atom. The Morgan fingerprint density at radius 1 is 0.944 bits per heavy atom. The predicted octanol–water partition coefficient (Wildman–Crippen LogP) is -1.74. The summed E-state index contributed by atoms with van der Waals surface area (Å²) in [5.41, 5.74) is 5.27. The van der Waals surface area contributed by atoms with Gasteiger partial charge in [0.05, 0.1) is 39.5 Å². The minimum atomic E-state index is -0.626. The summed E-state index contributed by atoms with van der Waals surface area (Å²) in [7, 11) is 5.92. The summed E-state index contributed by atoms with van der Waals surface area (Å²) in [5, 5.41) is 7.48. The van der Waals surface area contributed by atoms with Crippen LogP contribution in [-0.4, -0.2) is 111 Å². The van der Waals surface area contributed by atoms with Gasteiger partial charge in [-0.25, -0.2) is 0 Å². The summed E-state index contributed by atoms with van der Waals surface area (Å²) in [4.78, 5) is 60.5. The molecule has 0 aromatic heterocycles. The van der Waals surface area contributed by atoms with Crippen molar-refractivity contribution in [1.29, 1.82) is 0 Å². The minimum absolute atomic E-state index is 0.0200. The molecular formula is C22H38BN5O7S. The van der Waals surface area contributed by atoms with Crippen LogP contribution in [0.5, 0.6) is 0 Å². The Labute approximate surface area is 217 Å². The quantitative estimate of drug-likeness (QED) is 0.0866. The topological polar surface area (TPSA) is 169 Å². The lowest BCUT2D eigenvalue weighted by molar-refractivity contribution is -0.138. The first-order valence-electron chi connectivity index (χ1n) is 12.0. The molecule has 0 aliphatic carbocycles. The van der Waals surface area contributed by atoms with Crippen molar-refractivity contribution in [2.24, 2.45) is 5.73 Å². The van der Waals surface area contributed by atoms with E-state index in [2.05, 4.69) is 16.0 Å². The molecule has 1 unspecified atom stereocenters. The van der Waals surface area contributed by atoms with Crippen molar-refractivity contribution < 1.29 is 33.4 Å². The van der Waals surface area contributed by atoms with Crippen LogP contribution >= 0.6 is 11.8 Å². The van der Waals surface area contributed by atoms with E-state index in [1.54, 1.807) is 13.8 Å². The Hall–Kier alpha value is -2.16. The van der Waals surface area contributed by atoms with Gasteiger partial charge in [-0.3, -0.25) is 28.9 Å². The summed E-state index contributed by atoms with van der Waals surface area (Å²) < 4.78 is 10.1. The van der Waals surface area contributed by atoms with E-state index in [9.17, 15) is 24.0 Å². The maximum absolute atomic E-state index is 12.4. The van der Waals surface area contributed by atoms with Crippen LogP contribution in [0.1, 0.15) is 39.5 Å². The number of hydrogen-bond acceptors (Lipinski definition) is 9. The van der Waals surface area contributed by atoms with E-state index in [4.69, 9.17) is 23.1 Å². The molecule has 12 nitrogen and oxygen atoms in total. The average Bonchev–Trinajstić information content (AvgIpc) is 3.05. The Bertz CT molecular complexity index is 751. The summed E-state index contributed by atoms with van der Waals surface area (Å²) in [5.74, 6) is -1.20. The number of carbonyl (C=O) groups excluding carboxylic acids is 5. The van der Waals surface area contributed by atoms with Gasteiger partial charge in [-0.2, -0.15) is 11.8 Å². The van der Waals surface area contributed by atoms with Gasteiger partial charge in [-0.05, 0) is 4.65 Å². The monoisotopic (exact) mass is 527 g/mol. The first kappa shape index (κ1) is 31.9. The zero-order valence-corrected chi connectivity index (χ0v) is 22.0. The molecule has 1 saturated heterocycles. The Balaban J connectivity index is 1.99. The number of rotatable bonds is 19. The van der Waals surface area contributed by atoms with E-state index in [0.717, 1.165) is 4.90 Å². The van der Waals surface area contributed by atoms with Crippen molar-refractivity contribution in [2.75, 3.05) is 59.2 Å². The first-order chi connectivity index (χ1) is 17.0. The lowest BCUT2D eigenvalue weighted by atomic mass is 9.91. The lowest BCUT2D eigenvalue weighted by Gasteiger charge is -2.22. The van der Waals surface area contributed by atoms with Gasteiger partial charge in [0.2, 0.25) is 29.5 Å². The number of ether oxygens (including phenoxy) is 2. The van der Waals surface area contributed by atoms with E-state index in [1.165, 1.54) is 11.8 Å². The molecule has 0 bridgehead atoms. The highest BCUT2D eigenvalue weighted by molar-refractivity contribution is 8.03. The SMILES string of the molecule is [B]C(C)(C)SC1CC(=O)N(CCC(=O)NCCOCCOCCC(=O)NCCNC(=O)CCN)C1=O. The first-order valence-corrected chi connectivity index (χ1v) is 12.9. The molecule has 2 radical (unpaired) electrons. The molecule has 14 heteroatoms. The van der Waals surface area contributed by atoms with Crippen LogP contribution in [0.15, 0.2) is 0 Å². The van der Waals surface area contributed by atoms with Gasteiger partial charge in [0.1, 0.15) is 0 Å². The zero-order chi connectivity index (χ0) is 27.0. The standard InChI is InChI=1S/C22H38BN5O7S/c1-22(2,23)36-16-15-20(32)28(21(16)33)10-4-18(30)27-9-12-35-14-13-34-11-5-19(31)26-8-7-25-17(29)3-6-24/h16H,3-15,24H2,1-2H3,(H,25,29)(H,26,31)(H,27,30). The highest BCUT2D eigenvalue weighted by Crippen LogP contribution is 2.32. The van der Waals surface area contributed by atoms with E-state index < -0.39 is 9.90 Å². The third kappa shape index (κ3) is 14.4. The highest BCUT2D eigenvalue weighted by Gasteiger charge is 2.40. The summed E-state index contributed by atoms with van der Waals surface area (Å²) in [6, 6.07) is 0. The maximum atomic E-state index is 12.4. The molecule has 5 N–H and O–H groups in total. The number of nitrogens with two attached hydrogens (primary N) is 1. The van der Waals surface area contributed by atoms with Gasteiger partial charge in [-0.1, -0.05) is 13.8 Å². The van der Waals surface area contributed by atoms with Gasteiger partial charge < -0.3 is 31.2 Å². The molecule has 5 amide bonds. The minimum Gasteiger partial charge on any atom is -0.379 e. The van der Waals surface area contributed by atoms with Crippen LogP contribution in [0, 0.1) is 0 Å². The molecule has 202 valence electrons. The van der Waals surface area contributed by atoms with Crippen LogP contribution in [0.4, 0.5) is 0 Å². The summed E-state index contributed by atoms with van der Waals surface area (Å²) in [6.07, 6.45) is 0.569. The highest BCUT2D eigenvalue weighted by atomic mass is 32.2. The van der Waals surface area contributed by atoms with Crippen molar-refractivity contribution >= 4 is 49.1 Å². The van der Waals surface area contributed by atoms with Crippen LogP contribution in [0.25, 0.3) is 0 Å². The predicted molar refractivity (Wildman–Crippen MR) is 136 cm³/mol. The molecule has 36 heavy (non-hydrogen) atoms. The van der Waals surface area contributed by atoms with Crippen LogP contribution in [0.3, 0.4) is 0 Å². The van der Waals surface area contributed by atoms with Crippen molar-refractivity contribution in [3.8, 4) is 0 Å². The average molecular weight is 527 g/mol. The van der Waals surface area contributed by atoms with Crippen molar-refractivity contribution in [3.05, 3.63) is 0 Å². The van der Waals surface area contributed by atoms with Crippen molar-refractivity contribution in [3.63, 3.8) is 0 Å². The van der Waals surface area contributed by atoms with Crippen LogP contribution in [0.2, 0.25) is 0 Å². The molecule has 1 fully saturated rings. The van der Waals surface area contributed by atoms with E-state index in [0.29, 0.717) is 26.3 Å². The molecule has 0 aromatic rings. The number of imide groups is 1. The molecule has 1 aliphatic heterocycles. The second-order valence-electron chi connectivity index (χ2n) is 8.61. The van der Waals surface area contributed by atoms with Gasteiger partial charge in [0.15, 0.2) is 0 Å². The molecule has 0 aromatic carbocycles. The largest absolute Gasteiger partial charge is 0.379 e. The molecule has 1 rings (SSSR count). The van der Waals surface area contributed by atoms with Crippen LogP contribution in [-0.2, 0) is 33.4 Å². The smallest absolute Gasteiger partial charge is 0.242 e. The third-order valence-electron chi connectivity index (χ3n) is 4.77. The fraction of sp³-hybridized carbons (Fsp3) is 0.773. The van der Waals surface area contributed by atoms with E-state index in [-0.39, 0.29) is 88.1 Å². The van der Waals surface area contributed by atoms with Crippen molar-refractivity contribution in [1.82, 2.24) is 20.9 Å². The van der Waals surface area contributed by atoms with Gasteiger partial charge in [0.25, 0.3) is 0 Å². The fourth-order valence-corrected chi connectivity index (χ4v) is 4.30. The molecular weight excluding hydrogens is 489 g/mol. The Kier molecular flexibility index (Phi) is 15.3.